The van der Waals surface area contributed by atoms with E-state index in [9.17, 15) is 5.11 Å². The summed E-state index contributed by atoms with van der Waals surface area (Å²) in [5.74, 6) is 2.57. The van der Waals surface area contributed by atoms with Gasteiger partial charge in [0.2, 0.25) is 0 Å². The molecule has 0 heterocycles. The average Bonchev–Trinajstić information content (AvgIpc) is 3.04. The first-order chi connectivity index (χ1) is 9.08. The molecule has 1 aromatic carbocycles. The zero-order chi connectivity index (χ0) is 13.8. The Labute approximate surface area is 116 Å². The lowest BCUT2D eigenvalue weighted by Gasteiger charge is -2.16. The highest BCUT2D eigenvalue weighted by Crippen LogP contribution is 2.36. The minimum Gasteiger partial charge on any atom is -0.490 e. The molecular weight excluding hydrogens is 238 g/mol. The van der Waals surface area contributed by atoms with Crippen molar-refractivity contribution in [2.75, 3.05) is 19.7 Å². The number of hydrogen-bond donors (Lipinski definition) is 2. The van der Waals surface area contributed by atoms with Crippen molar-refractivity contribution in [3.8, 4) is 5.75 Å². The number of aliphatic hydroxyl groups excluding tert-OH is 1. The fourth-order valence-electron chi connectivity index (χ4n) is 2.38. The van der Waals surface area contributed by atoms with Crippen LogP contribution >= 0.6 is 0 Å². The Bertz CT molecular complexity index is 399. The third-order valence-electron chi connectivity index (χ3n) is 3.89. The minimum atomic E-state index is -0.451. The van der Waals surface area contributed by atoms with Gasteiger partial charge in [0.25, 0.3) is 0 Å². The average molecular weight is 263 g/mol. The molecule has 0 aliphatic heterocycles. The Kier molecular flexibility index (Phi) is 4.83. The van der Waals surface area contributed by atoms with Gasteiger partial charge in [-0.25, -0.2) is 0 Å². The highest BCUT2D eigenvalue weighted by Gasteiger charge is 2.31. The van der Waals surface area contributed by atoms with Crippen LogP contribution in [-0.4, -0.2) is 30.9 Å². The summed E-state index contributed by atoms with van der Waals surface area (Å²) in [5, 5.41) is 13.2. The molecule has 1 aliphatic carbocycles. The molecule has 3 heteroatoms. The molecule has 0 bridgehead atoms. The Morgan fingerprint density at radius 1 is 1.37 bits per heavy atom. The Hall–Kier alpha value is -1.06. The normalized spacial score (nSPS) is 23.2. The third kappa shape index (κ3) is 4.22. The number of aliphatic hydroxyl groups is 1. The fraction of sp³-hybridized carbons (Fsp3) is 0.625. The van der Waals surface area contributed by atoms with Crippen LogP contribution in [0.5, 0.6) is 5.75 Å². The maximum atomic E-state index is 9.90. The predicted molar refractivity (Wildman–Crippen MR) is 77.6 cm³/mol. The minimum absolute atomic E-state index is 0.346. The molecule has 1 saturated carbocycles. The number of hydrogen-bond acceptors (Lipinski definition) is 3. The highest BCUT2D eigenvalue weighted by molar-refractivity contribution is 5.39. The van der Waals surface area contributed by atoms with E-state index in [1.807, 2.05) is 32.0 Å². The van der Waals surface area contributed by atoms with Gasteiger partial charge in [-0.15, -0.1) is 0 Å². The van der Waals surface area contributed by atoms with E-state index in [4.69, 9.17) is 4.74 Å². The van der Waals surface area contributed by atoms with Crippen molar-refractivity contribution in [1.82, 2.24) is 5.32 Å². The van der Waals surface area contributed by atoms with Crippen LogP contribution in [-0.2, 0) is 0 Å². The van der Waals surface area contributed by atoms with E-state index in [0.29, 0.717) is 13.2 Å². The van der Waals surface area contributed by atoms with Gasteiger partial charge in [-0.05, 0) is 49.8 Å². The van der Waals surface area contributed by atoms with Crippen molar-refractivity contribution < 1.29 is 9.84 Å². The maximum absolute atomic E-state index is 9.90. The maximum Gasteiger partial charge on any atom is 0.125 e. The van der Waals surface area contributed by atoms with Crippen molar-refractivity contribution in [3.63, 3.8) is 0 Å². The second-order valence-electron chi connectivity index (χ2n) is 5.82. The van der Waals surface area contributed by atoms with Crippen LogP contribution in [0, 0.1) is 25.7 Å². The second-order valence-corrected chi connectivity index (χ2v) is 5.82. The van der Waals surface area contributed by atoms with E-state index in [-0.39, 0.29) is 0 Å². The van der Waals surface area contributed by atoms with Gasteiger partial charge in [-0.2, -0.15) is 0 Å². The number of para-hydroxylation sites is 1. The number of benzene rings is 1. The molecule has 1 aromatic rings. The van der Waals surface area contributed by atoms with E-state index in [1.54, 1.807) is 0 Å². The number of nitrogens with one attached hydrogen (secondary N) is 1. The molecule has 3 nitrogen and oxygen atoms in total. The monoisotopic (exact) mass is 263 g/mol. The quantitative estimate of drug-likeness (QED) is 0.793. The number of aryl methyl sites for hydroxylation is 2. The summed E-state index contributed by atoms with van der Waals surface area (Å²) in [7, 11) is 0. The molecule has 2 rings (SSSR count). The van der Waals surface area contributed by atoms with Crippen molar-refractivity contribution in [2.45, 2.75) is 33.3 Å². The molecule has 1 aliphatic rings. The second kappa shape index (κ2) is 6.40. The molecule has 106 valence electrons. The zero-order valence-corrected chi connectivity index (χ0v) is 12.1. The van der Waals surface area contributed by atoms with Crippen LogP contribution < -0.4 is 10.1 Å². The summed E-state index contributed by atoms with van der Waals surface area (Å²) in [6.45, 7) is 8.30. The Morgan fingerprint density at radius 3 is 2.58 bits per heavy atom. The molecule has 3 atom stereocenters. The van der Waals surface area contributed by atoms with E-state index >= 15 is 0 Å². The van der Waals surface area contributed by atoms with Gasteiger partial charge < -0.3 is 15.2 Å². The van der Waals surface area contributed by atoms with Gasteiger partial charge in [0, 0.05) is 6.54 Å². The zero-order valence-electron chi connectivity index (χ0n) is 12.1. The summed E-state index contributed by atoms with van der Waals surface area (Å²) in [6, 6.07) is 6.08. The Balaban J connectivity index is 1.69. The summed E-state index contributed by atoms with van der Waals surface area (Å²) >= 11 is 0. The highest BCUT2D eigenvalue weighted by atomic mass is 16.5. The van der Waals surface area contributed by atoms with Crippen molar-refractivity contribution in [3.05, 3.63) is 29.3 Å². The van der Waals surface area contributed by atoms with E-state index in [0.717, 1.165) is 35.3 Å². The van der Waals surface area contributed by atoms with Crippen LogP contribution in [0.25, 0.3) is 0 Å². The van der Waals surface area contributed by atoms with E-state index < -0.39 is 6.10 Å². The largest absolute Gasteiger partial charge is 0.490 e. The lowest BCUT2D eigenvalue weighted by atomic mass is 10.1. The van der Waals surface area contributed by atoms with Gasteiger partial charge in [0.1, 0.15) is 18.5 Å². The van der Waals surface area contributed by atoms with Crippen molar-refractivity contribution in [1.29, 1.82) is 0 Å². The molecule has 0 spiro atoms. The van der Waals surface area contributed by atoms with Crippen molar-refractivity contribution >= 4 is 0 Å². The molecule has 0 radical (unpaired) electrons. The topological polar surface area (TPSA) is 41.5 Å². The van der Waals surface area contributed by atoms with Crippen molar-refractivity contribution in [2.24, 2.45) is 11.8 Å². The lowest BCUT2D eigenvalue weighted by Crippen LogP contribution is -2.32. The van der Waals surface area contributed by atoms with Crippen LogP contribution in [0.2, 0.25) is 0 Å². The third-order valence-corrected chi connectivity index (χ3v) is 3.89. The van der Waals surface area contributed by atoms with E-state index in [1.165, 1.54) is 6.42 Å². The van der Waals surface area contributed by atoms with Gasteiger partial charge in [-0.3, -0.25) is 0 Å². The Morgan fingerprint density at radius 2 is 2.00 bits per heavy atom. The van der Waals surface area contributed by atoms with Crippen LogP contribution in [0.15, 0.2) is 18.2 Å². The number of rotatable bonds is 7. The molecule has 0 amide bonds. The van der Waals surface area contributed by atoms with Crippen LogP contribution in [0.4, 0.5) is 0 Å². The summed E-state index contributed by atoms with van der Waals surface area (Å²) in [4.78, 5) is 0. The molecule has 2 N–H and O–H groups in total. The molecule has 1 fully saturated rings. The first-order valence-corrected chi connectivity index (χ1v) is 7.15. The van der Waals surface area contributed by atoms with Gasteiger partial charge >= 0.3 is 0 Å². The van der Waals surface area contributed by atoms with Gasteiger partial charge in [0.15, 0.2) is 0 Å². The SMILES string of the molecule is Cc1cccc(C)c1OCC(O)CNCC1CC1C. The predicted octanol–water partition coefficient (Wildman–Crippen LogP) is 2.29. The molecule has 19 heavy (non-hydrogen) atoms. The van der Waals surface area contributed by atoms with E-state index in [2.05, 4.69) is 12.2 Å². The molecule has 0 aromatic heterocycles. The van der Waals surface area contributed by atoms with Crippen LogP contribution in [0.1, 0.15) is 24.5 Å². The smallest absolute Gasteiger partial charge is 0.125 e. The molecule has 0 saturated heterocycles. The van der Waals surface area contributed by atoms with Gasteiger partial charge in [-0.1, -0.05) is 25.1 Å². The lowest BCUT2D eigenvalue weighted by molar-refractivity contribution is 0.105. The summed E-state index contributed by atoms with van der Waals surface area (Å²) < 4.78 is 5.73. The fourth-order valence-corrected chi connectivity index (χ4v) is 2.38. The molecule has 3 unspecified atom stereocenters. The molecular formula is C16H25NO2. The number of ether oxygens (including phenoxy) is 1. The summed E-state index contributed by atoms with van der Waals surface area (Å²) in [5.41, 5.74) is 2.24. The summed E-state index contributed by atoms with van der Waals surface area (Å²) in [6.07, 6.45) is 0.871. The van der Waals surface area contributed by atoms with Gasteiger partial charge in [0.05, 0.1) is 0 Å². The standard InChI is InChI=1S/C16H25NO2/c1-11-5-4-6-12(2)16(11)19-10-15(18)9-17-8-14-7-13(14)3/h4-6,13-15,17-18H,7-10H2,1-3H3. The van der Waals surface area contributed by atoms with Crippen LogP contribution in [0.3, 0.4) is 0 Å². The first-order valence-electron chi connectivity index (χ1n) is 7.15. The first kappa shape index (κ1) is 14.4.